The van der Waals surface area contributed by atoms with Crippen molar-refractivity contribution >= 4 is 21.4 Å². The zero-order valence-electron chi connectivity index (χ0n) is 16.1. The largest absolute Gasteiger partial charge is 0.396 e. The van der Waals surface area contributed by atoms with E-state index in [-0.39, 0.29) is 10.9 Å². The lowest BCUT2D eigenvalue weighted by Gasteiger charge is -2.26. The highest BCUT2D eigenvalue weighted by Crippen LogP contribution is 2.29. The second kappa shape index (κ2) is 7.18. The molecule has 1 saturated carbocycles. The molecule has 1 aromatic carbocycles. The molecule has 0 unspecified atom stereocenters. The first-order chi connectivity index (χ1) is 13.3. The van der Waals surface area contributed by atoms with E-state index in [2.05, 4.69) is 21.7 Å². The van der Waals surface area contributed by atoms with Gasteiger partial charge >= 0.3 is 0 Å². The van der Waals surface area contributed by atoms with Gasteiger partial charge in [0.25, 0.3) is 0 Å². The summed E-state index contributed by atoms with van der Waals surface area (Å²) in [4.78, 5) is 4.59. The van der Waals surface area contributed by atoms with Crippen molar-refractivity contribution in [1.29, 1.82) is 0 Å². The number of benzene rings is 1. The number of fused-ring (bicyclic) bond motifs is 1. The fourth-order valence-corrected chi connectivity index (χ4v) is 5.14. The molecule has 0 amide bonds. The minimum absolute atomic E-state index is 0.00298. The molecule has 1 aliphatic rings. The van der Waals surface area contributed by atoms with E-state index < -0.39 is 10.0 Å². The molecular weight excluding hydrogens is 374 g/mol. The van der Waals surface area contributed by atoms with Gasteiger partial charge in [0.05, 0.1) is 28.7 Å². The summed E-state index contributed by atoms with van der Waals surface area (Å²) in [6.45, 7) is 4.15. The van der Waals surface area contributed by atoms with Crippen molar-refractivity contribution in [3.05, 3.63) is 42.2 Å². The van der Waals surface area contributed by atoms with E-state index in [1.54, 1.807) is 35.1 Å². The zero-order chi connectivity index (χ0) is 19.9. The minimum Gasteiger partial charge on any atom is -0.396 e. The van der Waals surface area contributed by atoms with Gasteiger partial charge in [-0.25, -0.2) is 22.6 Å². The first-order valence-electron chi connectivity index (χ1n) is 9.57. The normalized spacial score (nSPS) is 20.5. The van der Waals surface area contributed by atoms with Gasteiger partial charge in [0.2, 0.25) is 10.0 Å². The van der Waals surface area contributed by atoms with Crippen LogP contribution in [0.2, 0.25) is 0 Å². The van der Waals surface area contributed by atoms with Crippen LogP contribution in [0.15, 0.2) is 41.6 Å². The molecule has 7 nitrogen and oxygen atoms in total. The topological polar surface area (TPSA) is 102 Å². The molecule has 148 valence electrons. The zero-order valence-corrected chi connectivity index (χ0v) is 16.9. The number of hydrogen-bond donors (Lipinski definition) is 2. The van der Waals surface area contributed by atoms with Gasteiger partial charge in [0, 0.05) is 11.6 Å². The van der Waals surface area contributed by atoms with Crippen molar-refractivity contribution in [2.45, 2.75) is 50.5 Å². The van der Waals surface area contributed by atoms with Gasteiger partial charge in [-0.2, -0.15) is 5.10 Å². The van der Waals surface area contributed by atoms with Crippen molar-refractivity contribution in [2.75, 3.05) is 5.73 Å². The molecule has 28 heavy (non-hydrogen) atoms. The lowest BCUT2D eigenvalue weighted by Crippen LogP contribution is -2.37. The van der Waals surface area contributed by atoms with Gasteiger partial charge in [0.1, 0.15) is 0 Å². The summed E-state index contributed by atoms with van der Waals surface area (Å²) in [5.74, 6) is 0.668. The van der Waals surface area contributed by atoms with Crippen LogP contribution in [-0.4, -0.2) is 29.1 Å². The maximum Gasteiger partial charge on any atom is 0.240 e. The van der Waals surface area contributed by atoms with E-state index in [0.29, 0.717) is 22.9 Å². The number of nitrogens with zero attached hydrogens (tertiary/aromatic N) is 3. The van der Waals surface area contributed by atoms with Crippen LogP contribution in [0.25, 0.3) is 16.9 Å². The number of nitrogens with one attached hydrogen (secondary N) is 1. The Morgan fingerprint density at radius 1 is 1.18 bits per heavy atom. The lowest BCUT2D eigenvalue weighted by atomic mass is 9.88. The number of hydrogen-bond acceptors (Lipinski definition) is 5. The van der Waals surface area contributed by atoms with E-state index in [9.17, 15) is 8.42 Å². The number of nitrogens with two attached hydrogens (primary N) is 1. The summed E-state index contributed by atoms with van der Waals surface area (Å²) >= 11 is 0. The number of imidazole rings is 1. The quantitative estimate of drug-likeness (QED) is 0.702. The predicted molar refractivity (Wildman–Crippen MR) is 109 cm³/mol. The van der Waals surface area contributed by atoms with Crippen LogP contribution < -0.4 is 10.5 Å². The van der Waals surface area contributed by atoms with Crippen LogP contribution in [0.5, 0.6) is 0 Å². The molecule has 1 aliphatic carbocycles. The summed E-state index contributed by atoms with van der Waals surface area (Å²) in [6, 6.07) is 6.85. The Labute approximate surface area is 165 Å². The molecule has 0 radical (unpaired) electrons. The van der Waals surface area contributed by atoms with E-state index in [0.717, 1.165) is 36.8 Å². The fourth-order valence-electron chi connectivity index (χ4n) is 3.81. The summed E-state index contributed by atoms with van der Waals surface area (Å²) in [5.41, 5.74) is 9.47. The Hall–Kier alpha value is -2.45. The van der Waals surface area contributed by atoms with Crippen LogP contribution in [0, 0.1) is 12.8 Å². The average molecular weight is 400 g/mol. The summed E-state index contributed by atoms with van der Waals surface area (Å²) in [7, 11) is -3.59. The van der Waals surface area contributed by atoms with E-state index >= 15 is 0 Å². The first kappa shape index (κ1) is 18.9. The lowest BCUT2D eigenvalue weighted by molar-refractivity contribution is 0.332. The second-order valence-corrected chi connectivity index (χ2v) is 9.43. The highest BCUT2D eigenvalue weighted by molar-refractivity contribution is 7.89. The van der Waals surface area contributed by atoms with Gasteiger partial charge in [-0.3, -0.25) is 0 Å². The molecule has 0 bridgehead atoms. The van der Waals surface area contributed by atoms with Gasteiger partial charge in [-0.05, 0) is 62.3 Å². The van der Waals surface area contributed by atoms with Gasteiger partial charge < -0.3 is 5.73 Å². The third kappa shape index (κ3) is 3.49. The van der Waals surface area contributed by atoms with Crippen molar-refractivity contribution < 1.29 is 8.42 Å². The molecule has 3 aromatic rings. The van der Waals surface area contributed by atoms with E-state index in [1.807, 2.05) is 13.0 Å². The smallest absolute Gasteiger partial charge is 0.240 e. The summed E-state index contributed by atoms with van der Waals surface area (Å²) in [5, 5.41) is 4.32. The molecule has 2 heterocycles. The third-order valence-corrected chi connectivity index (χ3v) is 7.08. The van der Waals surface area contributed by atoms with Crippen molar-refractivity contribution in [1.82, 2.24) is 19.3 Å². The third-order valence-electron chi connectivity index (χ3n) is 5.57. The molecule has 0 spiro atoms. The van der Waals surface area contributed by atoms with Crippen molar-refractivity contribution in [3.8, 4) is 11.3 Å². The Morgan fingerprint density at radius 3 is 2.68 bits per heavy atom. The molecule has 0 atom stereocenters. The van der Waals surface area contributed by atoms with Crippen molar-refractivity contribution in [3.63, 3.8) is 0 Å². The summed E-state index contributed by atoms with van der Waals surface area (Å²) < 4.78 is 30.5. The second-order valence-electron chi connectivity index (χ2n) is 7.72. The van der Waals surface area contributed by atoms with Crippen LogP contribution in [0.1, 0.15) is 38.2 Å². The van der Waals surface area contributed by atoms with Crippen molar-refractivity contribution in [2.24, 2.45) is 5.92 Å². The Bertz CT molecular complexity index is 1110. The highest BCUT2D eigenvalue weighted by atomic mass is 32.2. The maximum atomic E-state index is 13.0. The standard InChI is InChI=1S/C20H25N5O2S/c1-13-3-6-15(7-4-13)24-28(26,27)16-8-5-14(2)17(11-16)19-12-22-20-18(21)9-10-23-25(19)20/h5,8-13,15,24H,3-4,6-7,21H2,1-2H3. The summed E-state index contributed by atoms with van der Waals surface area (Å²) in [6.07, 6.45) is 7.16. The van der Waals surface area contributed by atoms with Crippen LogP contribution >= 0.6 is 0 Å². The number of anilines is 1. The molecule has 1 fully saturated rings. The SMILES string of the molecule is Cc1ccc(S(=O)(=O)NC2CCC(C)CC2)cc1-c1cnc2c(N)ccnn12. The molecule has 8 heteroatoms. The molecule has 4 rings (SSSR count). The fraction of sp³-hybridized carbons (Fsp3) is 0.400. The molecular formula is C20H25N5O2S. The van der Waals surface area contributed by atoms with Gasteiger partial charge in [-0.15, -0.1) is 0 Å². The number of aryl methyl sites for hydroxylation is 1. The highest BCUT2D eigenvalue weighted by Gasteiger charge is 2.25. The molecule has 2 aromatic heterocycles. The number of rotatable bonds is 4. The van der Waals surface area contributed by atoms with E-state index in [1.165, 1.54) is 0 Å². The Kier molecular flexibility index (Phi) is 4.84. The number of sulfonamides is 1. The van der Waals surface area contributed by atoms with Gasteiger partial charge in [0.15, 0.2) is 5.65 Å². The van der Waals surface area contributed by atoms with Crippen LogP contribution in [-0.2, 0) is 10.0 Å². The average Bonchev–Trinajstić information content (AvgIpc) is 3.09. The number of aromatic nitrogens is 3. The Balaban J connectivity index is 1.69. The van der Waals surface area contributed by atoms with Crippen LogP contribution in [0.3, 0.4) is 0 Å². The van der Waals surface area contributed by atoms with Gasteiger partial charge in [-0.1, -0.05) is 13.0 Å². The monoisotopic (exact) mass is 399 g/mol. The molecule has 3 N–H and O–H groups in total. The maximum absolute atomic E-state index is 13.0. The van der Waals surface area contributed by atoms with Crippen LogP contribution in [0.4, 0.5) is 5.69 Å². The number of nitrogen functional groups attached to an aromatic ring is 1. The molecule has 0 aliphatic heterocycles. The predicted octanol–water partition coefficient (Wildman–Crippen LogP) is 3.14. The van der Waals surface area contributed by atoms with E-state index in [4.69, 9.17) is 5.73 Å². The Morgan fingerprint density at radius 2 is 1.93 bits per heavy atom. The first-order valence-corrected chi connectivity index (χ1v) is 11.0. The molecule has 0 saturated heterocycles. The minimum atomic E-state index is -3.59.